The van der Waals surface area contributed by atoms with E-state index >= 15 is 0 Å². The lowest BCUT2D eigenvalue weighted by Gasteiger charge is -2.07. The maximum absolute atomic E-state index is 5.21. The molecule has 0 bridgehead atoms. The summed E-state index contributed by atoms with van der Waals surface area (Å²) in [6, 6.07) is 1.42. The van der Waals surface area contributed by atoms with Crippen LogP contribution in [0.25, 0.3) is 0 Å². The fourth-order valence-corrected chi connectivity index (χ4v) is 1.86. The molecular formula is C4H11OSi+. The first-order valence-corrected chi connectivity index (χ1v) is 4.15. The molecule has 0 N–H and O–H groups in total. The molecule has 0 saturated carbocycles. The molecule has 0 atom stereocenters. The first kappa shape index (κ1) is 4.34. The lowest BCUT2D eigenvalue weighted by atomic mass is 10.4. The molecule has 1 rings (SSSR count). The van der Waals surface area contributed by atoms with Crippen LogP contribution in [0.3, 0.4) is 0 Å². The third-order valence-electron chi connectivity index (χ3n) is 1.08. The van der Waals surface area contributed by atoms with E-state index in [1.165, 1.54) is 18.9 Å². The van der Waals surface area contributed by atoms with E-state index in [2.05, 4.69) is 0 Å². The number of hydrogen-bond acceptors (Lipinski definition) is 1. The van der Waals surface area contributed by atoms with Crippen molar-refractivity contribution in [1.29, 1.82) is 0 Å². The lowest BCUT2D eigenvalue weighted by Crippen LogP contribution is -2.06. The summed E-state index contributed by atoms with van der Waals surface area (Å²) < 4.78 is 5.21. The van der Waals surface area contributed by atoms with Crippen molar-refractivity contribution in [3.05, 3.63) is 0 Å². The van der Waals surface area contributed by atoms with Gasteiger partial charge in [-0.3, -0.25) is 0 Å². The molecule has 0 spiro atoms. The van der Waals surface area contributed by atoms with Gasteiger partial charge in [0.15, 0.2) is 9.76 Å². The molecule has 0 aromatic heterocycles. The Labute approximate surface area is 42.1 Å². The number of hydrogen-bond donors (Lipinski definition) is 0. The van der Waals surface area contributed by atoms with E-state index in [-0.39, 0.29) is 11.2 Å². The Kier molecular flexibility index (Phi) is 1.71. The van der Waals surface area contributed by atoms with Crippen LogP contribution in [0.1, 0.15) is 14.3 Å². The highest BCUT2D eigenvalue weighted by molar-refractivity contribution is 6.27. The van der Waals surface area contributed by atoms with Gasteiger partial charge in [0.1, 0.15) is 0 Å². The van der Waals surface area contributed by atoms with Crippen LogP contribution in [-0.2, 0) is 4.43 Å². The highest BCUT2D eigenvalue weighted by atomic mass is 28.2. The van der Waals surface area contributed by atoms with Crippen LogP contribution in [0, 0.1) is 0 Å². The average Bonchev–Trinajstić information content (AvgIpc) is 1.72. The Balaban J connectivity index is 0.000000360. The molecular weight excluding hydrogens is 92.1 g/mol. The topological polar surface area (TPSA) is 9.23 Å². The van der Waals surface area contributed by atoms with E-state index in [0.29, 0.717) is 0 Å². The summed E-state index contributed by atoms with van der Waals surface area (Å²) in [6.45, 7) is 1.06. The van der Waals surface area contributed by atoms with E-state index < -0.39 is 0 Å². The number of rotatable bonds is 0. The average molecular weight is 103 g/mol. The predicted octanol–water partition coefficient (Wildman–Crippen LogP) is 0.411. The fourth-order valence-electron chi connectivity index (χ4n) is 0.687. The molecule has 2 heteroatoms. The first-order valence-electron chi connectivity index (χ1n) is 2.58. The van der Waals surface area contributed by atoms with Gasteiger partial charge in [0.2, 0.25) is 0 Å². The molecule has 0 aromatic carbocycles. The van der Waals surface area contributed by atoms with Gasteiger partial charge >= 0.3 is 1.43 Å². The van der Waals surface area contributed by atoms with Crippen molar-refractivity contribution in [2.24, 2.45) is 0 Å². The lowest BCUT2D eigenvalue weighted by molar-refractivity contribution is 0.304. The van der Waals surface area contributed by atoms with Crippen molar-refractivity contribution < 1.29 is 5.85 Å². The van der Waals surface area contributed by atoms with Crippen LogP contribution >= 0.6 is 0 Å². The minimum Gasteiger partial charge on any atom is -0.424 e. The van der Waals surface area contributed by atoms with E-state index in [1.54, 1.807) is 0 Å². The molecule has 1 nitrogen and oxygen atoms in total. The Morgan fingerprint density at radius 1 is 1.50 bits per heavy atom. The van der Waals surface area contributed by atoms with Crippen LogP contribution in [0.5, 0.6) is 0 Å². The maximum atomic E-state index is 5.21. The molecule has 1 fully saturated rings. The van der Waals surface area contributed by atoms with Gasteiger partial charge in [0, 0.05) is 6.61 Å². The summed E-state index contributed by atoms with van der Waals surface area (Å²) in [7, 11) is 0.00849. The van der Waals surface area contributed by atoms with Crippen LogP contribution in [0.15, 0.2) is 0 Å². The predicted molar refractivity (Wildman–Crippen MR) is 29.6 cm³/mol. The summed E-state index contributed by atoms with van der Waals surface area (Å²) in [4.78, 5) is 0. The van der Waals surface area contributed by atoms with Crippen molar-refractivity contribution in [3.63, 3.8) is 0 Å². The Hall–Kier alpha value is 0.177. The SMILES string of the molecule is C1CC[SiH2]OC1.[H+]. The van der Waals surface area contributed by atoms with E-state index in [4.69, 9.17) is 4.43 Å². The third-order valence-corrected chi connectivity index (χ3v) is 2.44. The molecule has 0 aromatic rings. The van der Waals surface area contributed by atoms with Gasteiger partial charge < -0.3 is 4.43 Å². The highest BCUT2D eigenvalue weighted by Gasteiger charge is 1.96. The van der Waals surface area contributed by atoms with Crippen molar-refractivity contribution >= 4 is 9.76 Å². The van der Waals surface area contributed by atoms with Crippen LogP contribution in [-0.4, -0.2) is 16.4 Å². The molecule has 0 aliphatic carbocycles. The molecule has 0 radical (unpaired) electrons. The van der Waals surface area contributed by atoms with Crippen LogP contribution < -0.4 is 0 Å². The standard InChI is InChI=1S/C4H10OSi/c1-2-4-6-5-3-1/h1-4,6H2/p+1. The summed E-state index contributed by atoms with van der Waals surface area (Å²) in [6.07, 6.45) is 2.75. The minimum absolute atomic E-state index is 0. The zero-order chi connectivity index (χ0) is 4.24. The highest BCUT2D eigenvalue weighted by Crippen LogP contribution is 2.01. The smallest absolute Gasteiger partial charge is 0.424 e. The molecule has 36 valence electrons. The quantitative estimate of drug-likeness (QED) is 0.403. The second kappa shape index (κ2) is 2.37. The van der Waals surface area contributed by atoms with Gasteiger partial charge in [-0.1, -0.05) is 6.42 Å². The molecule has 1 aliphatic heterocycles. The van der Waals surface area contributed by atoms with Crippen molar-refractivity contribution in [2.45, 2.75) is 18.9 Å². The Morgan fingerprint density at radius 2 is 2.50 bits per heavy atom. The van der Waals surface area contributed by atoms with Crippen molar-refractivity contribution in [3.8, 4) is 0 Å². The van der Waals surface area contributed by atoms with Gasteiger partial charge in [-0.25, -0.2) is 0 Å². The second-order valence-corrected chi connectivity index (χ2v) is 3.20. The van der Waals surface area contributed by atoms with E-state index in [1.807, 2.05) is 0 Å². The molecule has 1 saturated heterocycles. The maximum Gasteiger partial charge on any atom is 1.00 e. The summed E-state index contributed by atoms with van der Waals surface area (Å²) in [5.41, 5.74) is 0. The Morgan fingerprint density at radius 3 is 2.67 bits per heavy atom. The van der Waals surface area contributed by atoms with Crippen LogP contribution in [0.2, 0.25) is 6.04 Å². The first-order chi connectivity index (χ1) is 3.00. The van der Waals surface area contributed by atoms with E-state index in [9.17, 15) is 0 Å². The molecule has 1 heterocycles. The van der Waals surface area contributed by atoms with Crippen LogP contribution in [0.4, 0.5) is 0 Å². The molecule has 0 unspecified atom stereocenters. The van der Waals surface area contributed by atoms with Gasteiger partial charge in [-0.05, 0) is 12.5 Å². The zero-order valence-electron chi connectivity index (χ0n) is 4.94. The molecule has 0 amide bonds. The van der Waals surface area contributed by atoms with Gasteiger partial charge in [-0.2, -0.15) is 0 Å². The van der Waals surface area contributed by atoms with Crippen molar-refractivity contribution in [2.75, 3.05) is 6.61 Å². The fraction of sp³-hybridized carbons (Fsp3) is 1.00. The minimum atomic E-state index is 0. The van der Waals surface area contributed by atoms with Gasteiger partial charge in [0.05, 0.1) is 0 Å². The molecule has 1 aliphatic rings. The third kappa shape index (κ3) is 1.10. The Bertz CT molecular complexity index is 27.2. The largest absolute Gasteiger partial charge is 1.00 e. The van der Waals surface area contributed by atoms with Gasteiger partial charge in [0.25, 0.3) is 0 Å². The second-order valence-electron chi connectivity index (χ2n) is 1.67. The summed E-state index contributed by atoms with van der Waals surface area (Å²) in [5.74, 6) is 0. The summed E-state index contributed by atoms with van der Waals surface area (Å²) >= 11 is 0. The zero-order valence-corrected chi connectivity index (χ0v) is 5.36. The molecule has 6 heavy (non-hydrogen) atoms. The summed E-state index contributed by atoms with van der Waals surface area (Å²) in [5, 5.41) is 0. The van der Waals surface area contributed by atoms with E-state index in [0.717, 1.165) is 6.61 Å². The van der Waals surface area contributed by atoms with Gasteiger partial charge in [-0.15, -0.1) is 0 Å². The van der Waals surface area contributed by atoms with Crippen molar-refractivity contribution in [1.82, 2.24) is 0 Å². The normalized spacial score (nSPS) is 28.0. The monoisotopic (exact) mass is 103 g/mol.